The van der Waals surface area contributed by atoms with Gasteiger partial charge in [0, 0.05) is 12.8 Å². The van der Waals surface area contributed by atoms with Crippen LogP contribution >= 0.6 is 7.82 Å². The van der Waals surface area contributed by atoms with E-state index in [4.69, 9.17) is 18.5 Å². The number of unbranched alkanes of at least 4 members (excludes halogenated alkanes) is 33. The molecule has 0 spiro atoms. The number of hydrogen-bond acceptors (Lipinski definition) is 12. The highest BCUT2D eigenvalue weighted by atomic mass is 31.2. The number of rotatable bonds is 45. The fourth-order valence-corrected chi connectivity index (χ4v) is 9.44. The molecule has 0 heterocycles. The van der Waals surface area contributed by atoms with Crippen LogP contribution < -0.4 is 0 Å². The van der Waals surface area contributed by atoms with Crippen LogP contribution in [0.15, 0.2) is 0 Å². The topological polar surface area (TPSA) is 210 Å². The third-order valence-corrected chi connectivity index (χ3v) is 13.7. The lowest BCUT2D eigenvalue weighted by Crippen LogP contribution is -2.64. The predicted octanol–water partition coefficient (Wildman–Crippen LogP) is 11.2. The second-order valence-corrected chi connectivity index (χ2v) is 20.2. The summed E-state index contributed by atoms with van der Waals surface area (Å²) < 4.78 is 33.7. The Balaban J connectivity index is 2.37. The average molecular weight is 937 g/mol. The molecule has 0 amide bonds. The van der Waals surface area contributed by atoms with Gasteiger partial charge in [-0.3, -0.25) is 18.6 Å². The summed E-state index contributed by atoms with van der Waals surface area (Å²) in [5.41, 5.74) is 0. The van der Waals surface area contributed by atoms with E-state index in [2.05, 4.69) is 13.8 Å². The van der Waals surface area contributed by atoms with Gasteiger partial charge in [0.25, 0.3) is 0 Å². The van der Waals surface area contributed by atoms with Crippen LogP contribution in [0.4, 0.5) is 0 Å². The normalized spacial score (nSPS) is 21.4. The molecule has 0 saturated heterocycles. The highest BCUT2D eigenvalue weighted by molar-refractivity contribution is 7.47. The molecule has 8 atom stereocenters. The minimum absolute atomic E-state index is 0.105. The fourth-order valence-electron chi connectivity index (χ4n) is 8.47. The molecule has 1 aliphatic carbocycles. The summed E-state index contributed by atoms with van der Waals surface area (Å²) in [5, 5.41) is 50.3. The summed E-state index contributed by atoms with van der Waals surface area (Å²) in [6.07, 6.45) is 30.0. The Morgan fingerprint density at radius 1 is 0.422 bits per heavy atom. The van der Waals surface area contributed by atoms with Gasteiger partial charge in [-0.25, -0.2) is 4.57 Å². The van der Waals surface area contributed by atoms with Crippen molar-refractivity contribution in [3.8, 4) is 0 Å². The molecule has 1 aliphatic rings. The van der Waals surface area contributed by atoms with E-state index in [1.54, 1.807) is 0 Å². The van der Waals surface area contributed by atoms with E-state index in [0.29, 0.717) is 12.8 Å². The Bertz CT molecular complexity index is 1130. The van der Waals surface area contributed by atoms with E-state index in [-0.39, 0.29) is 12.8 Å². The Labute approximate surface area is 389 Å². The van der Waals surface area contributed by atoms with Crippen molar-refractivity contribution < 1.29 is 63.1 Å². The zero-order valence-corrected chi connectivity index (χ0v) is 41.5. The monoisotopic (exact) mass is 937 g/mol. The zero-order valence-electron chi connectivity index (χ0n) is 40.6. The minimum atomic E-state index is -5.11. The molecule has 0 aliphatic heterocycles. The Morgan fingerprint density at radius 2 is 0.703 bits per heavy atom. The molecule has 14 heteroatoms. The number of hydrogen-bond donors (Lipinski definition) is 6. The van der Waals surface area contributed by atoms with Gasteiger partial charge in [0.15, 0.2) is 6.10 Å². The van der Waals surface area contributed by atoms with Gasteiger partial charge in [-0.15, -0.1) is 0 Å². The van der Waals surface area contributed by atoms with Crippen molar-refractivity contribution in [1.29, 1.82) is 0 Å². The summed E-state index contributed by atoms with van der Waals surface area (Å²) >= 11 is 0. The van der Waals surface area contributed by atoms with Gasteiger partial charge in [-0.2, -0.15) is 0 Å². The van der Waals surface area contributed by atoms with E-state index in [0.717, 1.165) is 38.5 Å². The molecule has 64 heavy (non-hydrogen) atoms. The predicted molar refractivity (Wildman–Crippen MR) is 254 cm³/mol. The molecule has 0 aromatic carbocycles. The van der Waals surface area contributed by atoms with Crippen LogP contribution in [0.25, 0.3) is 0 Å². The van der Waals surface area contributed by atoms with Crippen molar-refractivity contribution in [3.05, 3.63) is 0 Å². The van der Waals surface area contributed by atoms with Crippen molar-refractivity contribution in [2.75, 3.05) is 13.2 Å². The Morgan fingerprint density at radius 3 is 1.03 bits per heavy atom. The summed E-state index contributed by atoms with van der Waals surface area (Å²) in [6.45, 7) is 3.36. The molecule has 6 N–H and O–H groups in total. The van der Waals surface area contributed by atoms with E-state index in [9.17, 15) is 44.6 Å². The van der Waals surface area contributed by atoms with Gasteiger partial charge in [0.05, 0.1) is 6.61 Å². The van der Waals surface area contributed by atoms with Gasteiger partial charge >= 0.3 is 19.8 Å². The van der Waals surface area contributed by atoms with Crippen molar-refractivity contribution >= 4 is 19.8 Å². The van der Waals surface area contributed by atoms with Crippen LogP contribution in [0.1, 0.15) is 251 Å². The number of phosphoric ester groups is 1. The number of carbonyl (C=O) groups excluding carboxylic acids is 2. The average Bonchev–Trinajstić information content (AvgIpc) is 3.28. The fraction of sp³-hybridized carbons (Fsp3) is 0.960. The van der Waals surface area contributed by atoms with Crippen LogP contribution in [-0.4, -0.2) is 98.3 Å². The first-order valence-corrected chi connectivity index (χ1v) is 27.8. The van der Waals surface area contributed by atoms with Crippen LogP contribution in [0.2, 0.25) is 0 Å². The standard InChI is InChI=1S/C50H97O13P/c1-3-5-7-9-11-13-15-17-19-21-23-25-27-29-31-33-35-37-39-44(52)62-42(41-61-64(58,59)63-50-48(56)46(54)45(53)47(55)49(50)57)40-60-43(51)38-36-34-32-30-28-26-24-22-20-18-16-14-12-10-8-6-4-2/h42,45-50,53-57H,3-41H2,1-2H3,(H,58,59)/t42-,45?,46-,47?,48?,49?,50?/m1/s1. The highest BCUT2D eigenvalue weighted by Crippen LogP contribution is 2.47. The van der Waals surface area contributed by atoms with Gasteiger partial charge in [-0.1, -0.05) is 226 Å². The van der Waals surface area contributed by atoms with Gasteiger partial charge < -0.3 is 39.9 Å². The first-order valence-electron chi connectivity index (χ1n) is 26.3. The van der Waals surface area contributed by atoms with E-state index >= 15 is 0 Å². The maximum atomic E-state index is 12.8. The van der Waals surface area contributed by atoms with Crippen molar-refractivity contribution in [3.63, 3.8) is 0 Å². The van der Waals surface area contributed by atoms with Gasteiger partial charge in [0.2, 0.25) is 0 Å². The summed E-state index contributed by atoms with van der Waals surface area (Å²) in [5.74, 6) is -1.08. The second kappa shape index (κ2) is 40.9. The molecular formula is C50H97O13P. The van der Waals surface area contributed by atoms with Crippen molar-refractivity contribution in [2.24, 2.45) is 0 Å². The maximum absolute atomic E-state index is 12.8. The molecule has 1 fully saturated rings. The third kappa shape index (κ3) is 32.5. The molecule has 6 unspecified atom stereocenters. The lowest BCUT2D eigenvalue weighted by Gasteiger charge is -2.41. The Hall–Kier alpha value is -1.15. The number of aliphatic hydroxyl groups excluding tert-OH is 5. The second-order valence-electron chi connectivity index (χ2n) is 18.7. The molecule has 1 saturated carbocycles. The van der Waals surface area contributed by atoms with Crippen molar-refractivity contribution in [2.45, 2.75) is 294 Å². The highest BCUT2D eigenvalue weighted by Gasteiger charge is 2.51. The smallest absolute Gasteiger partial charge is 0.462 e. The van der Waals surface area contributed by atoms with Crippen molar-refractivity contribution in [1.82, 2.24) is 0 Å². The molecule has 0 aromatic heterocycles. The summed E-state index contributed by atoms with van der Waals surface area (Å²) in [4.78, 5) is 35.8. The van der Waals surface area contributed by atoms with Crippen LogP contribution in [0, 0.1) is 0 Å². The van der Waals surface area contributed by atoms with E-state index in [1.165, 1.54) is 173 Å². The maximum Gasteiger partial charge on any atom is 0.472 e. The molecule has 0 bridgehead atoms. The number of esters is 2. The molecule has 0 aromatic rings. The van der Waals surface area contributed by atoms with Gasteiger partial charge in [-0.05, 0) is 12.8 Å². The SMILES string of the molecule is CCCCCCCCCCCCCCCCCCCCC(=O)O[C@H](COC(=O)CCCCCCCCCCCCCCCCCCC)COP(=O)(O)OC1C(O)C(O)C(O)[C@@H](O)C1O. The lowest BCUT2D eigenvalue weighted by molar-refractivity contribution is -0.220. The quantitative estimate of drug-likeness (QED) is 0.0191. The molecule has 1 rings (SSSR count). The first kappa shape index (κ1) is 60.9. The number of ether oxygens (including phenoxy) is 2. The van der Waals surface area contributed by atoms with Crippen LogP contribution in [-0.2, 0) is 32.7 Å². The summed E-state index contributed by atoms with van der Waals surface area (Å²) in [7, 11) is -5.11. The molecule has 13 nitrogen and oxygen atoms in total. The molecular weight excluding hydrogens is 840 g/mol. The zero-order chi connectivity index (χ0) is 47.1. The minimum Gasteiger partial charge on any atom is -0.462 e. The lowest BCUT2D eigenvalue weighted by atomic mass is 9.85. The molecule has 0 radical (unpaired) electrons. The van der Waals surface area contributed by atoms with E-state index in [1.807, 2.05) is 0 Å². The number of carbonyl (C=O) groups is 2. The van der Waals surface area contributed by atoms with E-state index < -0.39 is 75.7 Å². The van der Waals surface area contributed by atoms with Crippen LogP contribution in [0.5, 0.6) is 0 Å². The largest absolute Gasteiger partial charge is 0.472 e. The summed E-state index contributed by atoms with van der Waals surface area (Å²) in [6, 6.07) is 0. The van der Waals surface area contributed by atoms with Crippen LogP contribution in [0.3, 0.4) is 0 Å². The third-order valence-electron chi connectivity index (χ3n) is 12.7. The Kier molecular flexibility index (Phi) is 38.9. The number of aliphatic hydroxyl groups is 5. The molecule has 380 valence electrons. The first-order chi connectivity index (χ1) is 30.9. The van der Waals surface area contributed by atoms with Gasteiger partial charge in [0.1, 0.15) is 43.2 Å². The number of phosphoric acid groups is 1.